The molecule has 5 rings (SSSR count). The third kappa shape index (κ3) is 4.44. The van der Waals surface area contributed by atoms with E-state index in [9.17, 15) is 4.79 Å². The molecule has 0 unspecified atom stereocenters. The second-order valence-corrected chi connectivity index (χ2v) is 8.27. The summed E-state index contributed by atoms with van der Waals surface area (Å²) in [6.07, 6.45) is 3.78. The van der Waals surface area contributed by atoms with Gasteiger partial charge in [-0.1, -0.05) is 23.7 Å². The third-order valence-corrected chi connectivity index (χ3v) is 5.81. The molecular weight excluding hydrogens is 424 g/mol. The number of pyridine rings is 1. The van der Waals surface area contributed by atoms with Gasteiger partial charge < -0.3 is 16.0 Å². The molecule has 4 aromatic rings. The summed E-state index contributed by atoms with van der Waals surface area (Å²) in [5.74, 6) is 0.437. The fourth-order valence-corrected chi connectivity index (χ4v) is 4.10. The number of aromatic nitrogens is 3. The average molecular weight is 447 g/mol. The van der Waals surface area contributed by atoms with Crippen molar-refractivity contribution in [1.82, 2.24) is 25.2 Å². The monoisotopic (exact) mass is 446 g/mol. The molecule has 7 nitrogen and oxygen atoms in total. The first-order chi connectivity index (χ1) is 15.7. The van der Waals surface area contributed by atoms with Crippen LogP contribution < -0.4 is 16.0 Å². The molecule has 1 aliphatic heterocycles. The molecule has 0 radical (unpaired) electrons. The number of halogens is 1. The SMILES string of the molecule is O=C(NC1CCNCC1)c1ccc(Nc2nc3c(-c4cccc(Cl)c4)cccn3n2)cc1. The summed E-state index contributed by atoms with van der Waals surface area (Å²) in [5.41, 5.74) is 4.10. The van der Waals surface area contributed by atoms with Crippen molar-refractivity contribution in [2.75, 3.05) is 18.4 Å². The smallest absolute Gasteiger partial charge is 0.251 e. The number of amides is 1. The minimum atomic E-state index is -0.0412. The quantitative estimate of drug-likeness (QED) is 0.426. The van der Waals surface area contributed by atoms with Gasteiger partial charge in [0.1, 0.15) is 0 Å². The highest BCUT2D eigenvalue weighted by Gasteiger charge is 2.16. The summed E-state index contributed by atoms with van der Waals surface area (Å²) < 4.78 is 1.74. The number of hydrogen-bond acceptors (Lipinski definition) is 5. The van der Waals surface area contributed by atoms with Crippen molar-refractivity contribution in [1.29, 1.82) is 0 Å². The van der Waals surface area contributed by atoms with Crippen LogP contribution >= 0.6 is 11.6 Å². The van der Waals surface area contributed by atoms with E-state index in [4.69, 9.17) is 11.6 Å². The van der Waals surface area contributed by atoms with E-state index in [1.807, 2.05) is 66.9 Å². The van der Waals surface area contributed by atoms with Gasteiger partial charge in [0, 0.05) is 34.1 Å². The molecule has 2 aromatic carbocycles. The van der Waals surface area contributed by atoms with E-state index in [0.29, 0.717) is 16.5 Å². The van der Waals surface area contributed by atoms with Crippen LogP contribution in [-0.4, -0.2) is 39.6 Å². The normalized spacial score (nSPS) is 14.4. The third-order valence-electron chi connectivity index (χ3n) is 5.58. The molecule has 1 amide bonds. The Labute approximate surface area is 190 Å². The van der Waals surface area contributed by atoms with Crippen molar-refractivity contribution in [3.8, 4) is 11.1 Å². The fourth-order valence-electron chi connectivity index (χ4n) is 3.91. The molecule has 1 aliphatic rings. The molecule has 3 N–H and O–H groups in total. The van der Waals surface area contributed by atoms with Gasteiger partial charge in [-0.2, -0.15) is 4.98 Å². The minimum absolute atomic E-state index is 0.0412. The summed E-state index contributed by atoms with van der Waals surface area (Å²) in [5, 5.41) is 14.8. The van der Waals surface area contributed by atoms with Crippen LogP contribution in [0.2, 0.25) is 5.02 Å². The first-order valence-electron chi connectivity index (χ1n) is 10.7. The Bertz CT molecular complexity index is 1250. The van der Waals surface area contributed by atoms with Crippen molar-refractivity contribution in [3.63, 3.8) is 0 Å². The minimum Gasteiger partial charge on any atom is -0.349 e. The second kappa shape index (κ2) is 8.98. The van der Waals surface area contributed by atoms with Crippen LogP contribution in [0.25, 0.3) is 16.8 Å². The lowest BCUT2D eigenvalue weighted by molar-refractivity contribution is 0.0929. The van der Waals surface area contributed by atoms with E-state index >= 15 is 0 Å². The van der Waals surface area contributed by atoms with E-state index in [2.05, 4.69) is 26.0 Å². The molecule has 0 bridgehead atoms. The molecule has 8 heteroatoms. The lowest BCUT2D eigenvalue weighted by atomic mass is 10.1. The van der Waals surface area contributed by atoms with Crippen LogP contribution in [0.1, 0.15) is 23.2 Å². The van der Waals surface area contributed by atoms with Gasteiger partial charge in [-0.25, -0.2) is 4.52 Å². The zero-order valence-corrected chi connectivity index (χ0v) is 18.1. The number of anilines is 2. The highest BCUT2D eigenvalue weighted by atomic mass is 35.5. The van der Waals surface area contributed by atoms with Gasteiger partial charge in [0.05, 0.1) is 0 Å². The van der Waals surface area contributed by atoms with Crippen LogP contribution in [0.15, 0.2) is 66.9 Å². The fraction of sp³-hybridized carbons (Fsp3) is 0.208. The second-order valence-electron chi connectivity index (χ2n) is 7.84. The van der Waals surface area contributed by atoms with Crippen LogP contribution in [0.3, 0.4) is 0 Å². The number of hydrogen-bond donors (Lipinski definition) is 3. The Hall–Kier alpha value is -3.42. The maximum absolute atomic E-state index is 12.5. The Morgan fingerprint density at radius 1 is 1.06 bits per heavy atom. The average Bonchev–Trinajstić information content (AvgIpc) is 3.22. The van der Waals surface area contributed by atoms with E-state index < -0.39 is 0 Å². The highest BCUT2D eigenvalue weighted by Crippen LogP contribution is 2.27. The lowest BCUT2D eigenvalue weighted by Crippen LogP contribution is -2.42. The molecular formula is C24H23ClN6O. The highest BCUT2D eigenvalue weighted by molar-refractivity contribution is 6.30. The van der Waals surface area contributed by atoms with Crippen molar-refractivity contribution in [3.05, 3.63) is 77.4 Å². The molecule has 0 spiro atoms. The number of nitrogens with zero attached hydrogens (tertiary/aromatic N) is 3. The van der Waals surface area contributed by atoms with E-state index in [1.54, 1.807) is 4.52 Å². The van der Waals surface area contributed by atoms with E-state index in [1.165, 1.54) is 0 Å². The van der Waals surface area contributed by atoms with Gasteiger partial charge in [-0.3, -0.25) is 4.79 Å². The van der Waals surface area contributed by atoms with Crippen LogP contribution in [-0.2, 0) is 0 Å². The molecule has 1 saturated heterocycles. The van der Waals surface area contributed by atoms with Crippen LogP contribution in [0.5, 0.6) is 0 Å². The van der Waals surface area contributed by atoms with E-state index in [0.717, 1.165) is 48.4 Å². The predicted molar refractivity (Wildman–Crippen MR) is 127 cm³/mol. The number of carbonyl (C=O) groups is 1. The molecule has 162 valence electrons. The summed E-state index contributed by atoms with van der Waals surface area (Å²) in [4.78, 5) is 17.2. The largest absolute Gasteiger partial charge is 0.349 e. The molecule has 2 aromatic heterocycles. The Kier molecular flexibility index (Phi) is 5.75. The Morgan fingerprint density at radius 3 is 2.66 bits per heavy atom. The standard InChI is InChI=1S/C24H23ClN6O/c25-18-4-1-3-17(15-18)21-5-2-14-31-22(21)29-24(30-31)28-19-8-6-16(7-9-19)23(32)27-20-10-12-26-13-11-20/h1-9,14-15,20,26H,10-13H2,(H,27,32)(H,28,30). The number of piperidine rings is 1. The summed E-state index contributed by atoms with van der Waals surface area (Å²) in [7, 11) is 0. The Morgan fingerprint density at radius 2 is 1.88 bits per heavy atom. The zero-order valence-electron chi connectivity index (χ0n) is 17.4. The first-order valence-corrected chi connectivity index (χ1v) is 11.0. The molecule has 3 heterocycles. The van der Waals surface area contributed by atoms with Gasteiger partial charge in [0.2, 0.25) is 5.95 Å². The van der Waals surface area contributed by atoms with Crippen molar-refractivity contribution >= 4 is 34.8 Å². The maximum atomic E-state index is 12.5. The number of nitrogens with one attached hydrogen (secondary N) is 3. The van der Waals surface area contributed by atoms with Gasteiger partial charge in [-0.05, 0) is 80.0 Å². The number of fused-ring (bicyclic) bond motifs is 1. The molecule has 0 aliphatic carbocycles. The van der Waals surface area contributed by atoms with Gasteiger partial charge in [0.25, 0.3) is 5.91 Å². The summed E-state index contributed by atoms with van der Waals surface area (Å²) >= 11 is 6.16. The number of carbonyl (C=O) groups excluding carboxylic acids is 1. The topological polar surface area (TPSA) is 83.4 Å². The van der Waals surface area contributed by atoms with Crippen molar-refractivity contribution in [2.24, 2.45) is 0 Å². The van der Waals surface area contributed by atoms with Gasteiger partial charge in [-0.15, -0.1) is 5.10 Å². The summed E-state index contributed by atoms with van der Waals surface area (Å²) in [6, 6.07) is 19.2. The van der Waals surface area contributed by atoms with Crippen LogP contribution in [0.4, 0.5) is 11.6 Å². The Balaban J connectivity index is 1.32. The van der Waals surface area contributed by atoms with Crippen LogP contribution in [0, 0.1) is 0 Å². The van der Waals surface area contributed by atoms with Gasteiger partial charge in [0.15, 0.2) is 5.65 Å². The maximum Gasteiger partial charge on any atom is 0.251 e. The zero-order chi connectivity index (χ0) is 21.9. The molecule has 32 heavy (non-hydrogen) atoms. The van der Waals surface area contributed by atoms with Crippen molar-refractivity contribution in [2.45, 2.75) is 18.9 Å². The van der Waals surface area contributed by atoms with E-state index in [-0.39, 0.29) is 11.9 Å². The predicted octanol–water partition coefficient (Wildman–Crippen LogP) is 4.28. The summed E-state index contributed by atoms with van der Waals surface area (Å²) in [6.45, 7) is 1.89. The first kappa shape index (κ1) is 20.5. The van der Waals surface area contributed by atoms with Crippen molar-refractivity contribution < 1.29 is 4.79 Å². The lowest BCUT2D eigenvalue weighted by Gasteiger charge is -2.23. The van der Waals surface area contributed by atoms with Gasteiger partial charge >= 0.3 is 0 Å². The number of rotatable bonds is 5. The molecule has 0 saturated carbocycles. The molecule has 1 fully saturated rings. The molecule has 0 atom stereocenters. The number of benzene rings is 2.